The zero-order valence-electron chi connectivity index (χ0n) is 13.3. The molecule has 0 radical (unpaired) electrons. The average Bonchev–Trinajstić information content (AvgIpc) is 2.86. The molecule has 0 fully saturated rings. The van der Waals surface area contributed by atoms with Crippen molar-refractivity contribution in [2.45, 2.75) is 32.7 Å². The predicted octanol–water partition coefficient (Wildman–Crippen LogP) is 2.71. The van der Waals surface area contributed by atoms with Gasteiger partial charge in [0.1, 0.15) is 5.82 Å². The average molecular weight is 284 g/mol. The molecule has 0 amide bonds. The fourth-order valence-corrected chi connectivity index (χ4v) is 3.02. The first kappa shape index (κ1) is 14.1. The van der Waals surface area contributed by atoms with Gasteiger partial charge in [-0.15, -0.1) is 0 Å². The molecule has 1 aliphatic heterocycles. The highest BCUT2D eigenvalue weighted by Gasteiger charge is 2.23. The maximum absolute atomic E-state index is 4.91. The van der Waals surface area contributed by atoms with E-state index in [0.717, 1.165) is 25.3 Å². The first-order valence-corrected chi connectivity index (χ1v) is 7.67. The first-order chi connectivity index (χ1) is 10.1. The number of aromatic nitrogens is 2. The Kier molecular flexibility index (Phi) is 3.72. The Morgan fingerprint density at radius 2 is 2.00 bits per heavy atom. The fourth-order valence-electron chi connectivity index (χ4n) is 3.02. The van der Waals surface area contributed by atoms with Crippen LogP contribution in [0.3, 0.4) is 0 Å². The summed E-state index contributed by atoms with van der Waals surface area (Å²) in [5.74, 6) is 1.57. The second-order valence-corrected chi connectivity index (χ2v) is 6.16. The van der Waals surface area contributed by atoms with Crippen LogP contribution in [0.1, 0.15) is 37.0 Å². The standard InChI is InChI=1S/C17H24N4/c1-12(2)17-19-13-11-18-10-9-14(13)21(17)16-8-6-5-7-15(16)20(3)4/h5-8,12,18H,9-11H2,1-4H3. The zero-order chi connectivity index (χ0) is 15.0. The van der Waals surface area contributed by atoms with Gasteiger partial charge in [0.25, 0.3) is 0 Å². The molecule has 2 heterocycles. The molecule has 0 bridgehead atoms. The van der Waals surface area contributed by atoms with Crippen LogP contribution >= 0.6 is 0 Å². The van der Waals surface area contributed by atoms with Crippen molar-refractivity contribution in [3.63, 3.8) is 0 Å². The molecular formula is C17H24N4. The molecule has 4 heteroatoms. The van der Waals surface area contributed by atoms with Crippen molar-refractivity contribution >= 4 is 5.69 Å². The van der Waals surface area contributed by atoms with Crippen LogP contribution in [0.15, 0.2) is 24.3 Å². The van der Waals surface area contributed by atoms with Crippen LogP contribution < -0.4 is 10.2 Å². The van der Waals surface area contributed by atoms with E-state index in [9.17, 15) is 0 Å². The van der Waals surface area contributed by atoms with Crippen LogP contribution in [0.25, 0.3) is 5.69 Å². The molecular weight excluding hydrogens is 260 g/mol. The molecule has 1 N–H and O–H groups in total. The number of imidazole rings is 1. The molecule has 1 aromatic heterocycles. The van der Waals surface area contributed by atoms with E-state index in [0.29, 0.717) is 5.92 Å². The summed E-state index contributed by atoms with van der Waals surface area (Å²) in [4.78, 5) is 7.08. The minimum absolute atomic E-state index is 0.408. The van der Waals surface area contributed by atoms with Gasteiger partial charge in [0.2, 0.25) is 0 Å². The summed E-state index contributed by atoms with van der Waals surface area (Å²) >= 11 is 0. The van der Waals surface area contributed by atoms with Crippen LogP contribution in [0.4, 0.5) is 5.69 Å². The Bertz CT molecular complexity index is 640. The molecule has 1 aromatic carbocycles. The van der Waals surface area contributed by atoms with Gasteiger partial charge in [-0.05, 0) is 12.1 Å². The Balaban J connectivity index is 2.24. The topological polar surface area (TPSA) is 33.1 Å². The summed E-state index contributed by atoms with van der Waals surface area (Å²) in [6, 6.07) is 8.58. The fraction of sp³-hybridized carbons (Fsp3) is 0.471. The molecule has 0 unspecified atom stereocenters. The molecule has 0 saturated heterocycles. The van der Waals surface area contributed by atoms with Gasteiger partial charge < -0.3 is 10.2 Å². The number of benzene rings is 1. The van der Waals surface area contributed by atoms with Gasteiger partial charge in [0.05, 0.1) is 17.1 Å². The van der Waals surface area contributed by atoms with E-state index in [2.05, 4.69) is 67.0 Å². The lowest BCUT2D eigenvalue weighted by Gasteiger charge is -2.22. The zero-order valence-corrected chi connectivity index (χ0v) is 13.3. The van der Waals surface area contributed by atoms with Crippen molar-refractivity contribution in [3.8, 4) is 5.69 Å². The number of fused-ring (bicyclic) bond motifs is 1. The number of anilines is 1. The first-order valence-electron chi connectivity index (χ1n) is 7.67. The normalized spacial score (nSPS) is 14.3. The van der Waals surface area contributed by atoms with E-state index in [1.807, 2.05) is 0 Å². The molecule has 0 aliphatic carbocycles. The predicted molar refractivity (Wildman–Crippen MR) is 87.4 cm³/mol. The van der Waals surface area contributed by atoms with Crippen LogP contribution in [-0.2, 0) is 13.0 Å². The molecule has 3 rings (SSSR count). The number of para-hydroxylation sites is 2. The lowest BCUT2D eigenvalue weighted by atomic mass is 10.1. The molecule has 1 aliphatic rings. The van der Waals surface area contributed by atoms with E-state index in [4.69, 9.17) is 4.98 Å². The van der Waals surface area contributed by atoms with E-state index in [1.54, 1.807) is 0 Å². The van der Waals surface area contributed by atoms with Crippen molar-refractivity contribution in [2.75, 3.05) is 25.5 Å². The van der Waals surface area contributed by atoms with Gasteiger partial charge in [0.15, 0.2) is 0 Å². The number of hydrogen-bond donors (Lipinski definition) is 1. The Labute approximate surface area is 126 Å². The van der Waals surface area contributed by atoms with E-state index >= 15 is 0 Å². The molecule has 0 spiro atoms. The second kappa shape index (κ2) is 5.53. The highest BCUT2D eigenvalue weighted by Crippen LogP contribution is 2.30. The van der Waals surface area contributed by atoms with Crippen molar-refractivity contribution < 1.29 is 0 Å². The van der Waals surface area contributed by atoms with Crippen molar-refractivity contribution in [2.24, 2.45) is 0 Å². The van der Waals surface area contributed by atoms with Crippen LogP contribution in [0, 0.1) is 0 Å². The molecule has 0 saturated carbocycles. The van der Waals surface area contributed by atoms with Crippen LogP contribution in [0.2, 0.25) is 0 Å². The SMILES string of the molecule is CC(C)c1nc2c(n1-c1ccccc1N(C)C)CCNC2. The van der Waals surface area contributed by atoms with E-state index < -0.39 is 0 Å². The van der Waals surface area contributed by atoms with E-state index in [1.165, 1.54) is 22.8 Å². The third-order valence-electron chi connectivity index (χ3n) is 4.03. The third kappa shape index (κ3) is 2.44. The van der Waals surface area contributed by atoms with Crippen LogP contribution in [-0.4, -0.2) is 30.2 Å². The Morgan fingerprint density at radius 1 is 1.24 bits per heavy atom. The summed E-state index contributed by atoms with van der Waals surface area (Å²) in [7, 11) is 4.19. The van der Waals surface area contributed by atoms with Gasteiger partial charge in [-0.2, -0.15) is 0 Å². The number of rotatable bonds is 3. The second-order valence-electron chi connectivity index (χ2n) is 6.16. The maximum Gasteiger partial charge on any atom is 0.116 e. The Hall–Kier alpha value is -1.81. The summed E-state index contributed by atoms with van der Waals surface area (Å²) < 4.78 is 2.39. The van der Waals surface area contributed by atoms with Gasteiger partial charge >= 0.3 is 0 Å². The molecule has 21 heavy (non-hydrogen) atoms. The molecule has 112 valence electrons. The van der Waals surface area contributed by atoms with Gasteiger partial charge in [0, 0.05) is 45.2 Å². The maximum atomic E-state index is 4.91. The van der Waals surface area contributed by atoms with Gasteiger partial charge in [-0.3, -0.25) is 4.57 Å². The molecule has 0 atom stereocenters. The van der Waals surface area contributed by atoms with Crippen molar-refractivity contribution in [1.82, 2.24) is 14.9 Å². The number of hydrogen-bond acceptors (Lipinski definition) is 3. The minimum atomic E-state index is 0.408. The number of nitrogens with one attached hydrogen (secondary N) is 1. The summed E-state index contributed by atoms with van der Waals surface area (Å²) in [6.45, 7) is 6.35. The Morgan fingerprint density at radius 3 is 2.71 bits per heavy atom. The van der Waals surface area contributed by atoms with Gasteiger partial charge in [-0.1, -0.05) is 26.0 Å². The smallest absolute Gasteiger partial charge is 0.116 e. The summed E-state index contributed by atoms with van der Waals surface area (Å²) in [6.07, 6.45) is 1.04. The lowest BCUT2D eigenvalue weighted by Crippen LogP contribution is -2.25. The monoisotopic (exact) mass is 284 g/mol. The van der Waals surface area contributed by atoms with Crippen molar-refractivity contribution in [3.05, 3.63) is 41.5 Å². The van der Waals surface area contributed by atoms with E-state index in [-0.39, 0.29) is 0 Å². The molecule has 4 nitrogen and oxygen atoms in total. The summed E-state index contributed by atoms with van der Waals surface area (Å²) in [5, 5.41) is 3.42. The minimum Gasteiger partial charge on any atom is -0.376 e. The largest absolute Gasteiger partial charge is 0.376 e. The quantitative estimate of drug-likeness (QED) is 0.941. The third-order valence-corrected chi connectivity index (χ3v) is 4.03. The highest BCUT2D eigenvalue weighted by molar-refractivity contribution is 5.63. The van der Waals surface area contributed by atoms with Crippen LogP contribution in [0.5, 0.6) is 0 Å². The van der Waals surface area contributed by atoms with Crippen molar-refractivity contribution in [1.29, 1.82) is 0 Å². The lowest BCUT2D eigenvalue weighted by molar-refractivity contribution is 0.619. The molecule has 2 aromatic rings. The highest BCUT2D eigenvalue weighted by atomic mass is 15.2. The summed E-state index contributed by atoms with van der Waals surface area (Å²) in [5.41, 5.74) is 5.05. The number of nitrogens with zero attached hydrogens (tertiary/aromatic N) is 3. The van der Waals surface area contributed by atoms with Gasteiger partial charge in [-0.25, -0.2) is 4.98 Å².